The van der Waals surface area contributed by atoms with Gasteiger partial charge in [-0.05, 0) is 38.8 Å². The summed E-state index contributed by atoms with van der Waals surface area (Å²) in [5.74, 6) is -1.57. The van der Waals surface area contributed by atoms with Gasteiger partial charge in [-0.3, -0.25) is 9.59 Å². The lowest BCUT2D eigenvalue weighted by atomic mass is 10.1. The normalized spacial score (nSPS) is 12.0. The van der Waals surface area contributed by atoms with Crippen LogP contribution in [0.3, 0.4) is 0 Å². The van der Waals surface area contributed by atoms with Gasteiger partial charge in [0.25, 0.3) is 0 Å². The second kappa shape index (κ2) is 22.6. The van der Waals surface area contributed by atoms with Crippen LogP contribution in [0.4, 0.5) is 0 Å². The van der Waals surface area contributed by atoms with E-state index in [-0.39, 0.29) is 25.0 Å². The Morgan fingerprint density at radius 1 is 0.545 bits per heavy atom. The Morgan fingerprint density at radius 2 is 0.848 bits per heavy atom. The molecule has 0 rings (SSSR count). The van der Waals surface area contributed by atoms with E-state index >= 15 is 0 Å². The molecule has 192 valence electrons. The van der Waals surface area contributed by atoms with E-state index in [0.717, 1.165) is 51.9 Å². The van der Waals surface area contributed by atoms with Gasteiger partial charge in [-0.2, -0.15) is 0 Å². The maximum Gasteiger partial charge on any atom is 0.325 e. The number of carboxylic acid groups (broad SMARTS) is 2. The van der Waals surface area contributed by atoms with Crippen LogP contribution in [0.1, 0.15) is 77.0 Å². The summed E-state index contributed by atoms with van der Waals surface area (Å²) in [5.41, 5.74) is 11.1. The lowest BCUT2D eigenvalue weighted by Crippen LogP contribution is -2.33. The lowest BCUT2D eigenvalue weighted by Gasteiger charge is -2.07. The summed E-state index contributed by atoms with van der Waals surface area (Å²) in [7, 11) is 0. The average Bonchev–Trinajstić information content (AvgIpc) is 2.77. The number of nitrogens with zero attached hydrogens (tertiary/aromatic N) is 2. The van der Waals surface area contributed by atoms with Gasteiger partial charge in [-0.15, -0.1) is 0 Å². The predicted molar refractivity (Wildman–Crippen MR) is 133 cm³/mol. The van der Waals surface area contributed by atoms with Crippen molar-refractivity contribution in [3.8, 4) is 0 Å². The summed E-state index contributed by atoms with van der Waals surface area (Å²) >= 11 is 0. The molecular weight excluding hydrogens is 426 g/mol. The number of carboxylic acids is 2. The van der Waals surface area contributed by atoms with Crippen molar-refractivity contribution in [1.82, 2.24) is 16.0 Å². The van der Waals surface area contributed by atoms with Crippen LogP contribution in [0.5, 0.6) is 0 Å². The third kappa shape index (κ3) is 25.6. The molecule has 0 amide bonds. The van der Waals surface area contributed by atoms with E-state index in [2.05, 4.69) is 25.9 Å². The highest BCUT2D eigenvalue weighted by molar-refractivity contribution is 5.81. The molecule has 0 saturated heterocycles. The van der Waals surface area contributed by atoms with Crippen molar-refractivity contribution in [3.63, 3.8) is 0 Å². The Hall–Kier alpha value is -2.56. The number of aliphatic carboxylic acids is 2. The van der Waals surface area contributed by atoms with Gasteiger partial charge in [-0.1, -0.05) is 51.4 Å². The molecule has 0 spiro atoms. The number of nitrogens with two attached hydrogens (primary N) is 2. The monoisotopic (exact) mass is 471 g/mol. The maximum atomic E-state index is 10.4. The Morgan fingerprint density at radius 3 is 1.18 bits per heavy atom. The highest BCUT2D eigenvalue weighted by Gasteiger charge is 1.98. The largest absolute Gasteiger partial charge is 0.480 e. The van der Waals surface area contributed by atoms with Gasteiger partial charge in [0.2, 0.25) is 0 Å². The molecule has 0 aliphatic carbocycles. The Kier molecular flexibility index (Phi) is 20.9. The van der Waals surface area contributed by atoms with Gasteiger partial charge in [-0.25, -0.2) is 9.98 Å². The molecule has 11 heteroatoms. The van der Waals surface area contributed by atoms with E-state index in [1.165, 1.54) is 51.4 Å². The molecule has 0 radical (unpaired) electrons. The third-order valence-corrected chi connectivity index (χ3v) is 4.94. The average molecular weight is 472 g/mol. The molecule has 0 aliphatic heterocycles. The molecular formula is C22H45N7O4. The Labute approximate surface area is 197 Å². The van der Waals surface area contributed by atoms with Crippen LogP contribution in [0.15, 0.2) is 9.98 Å². The van der Waals surface area contributed by atoms with Gasteiger partial charge in [0.05, 0.1) is 0 Å². The van der Waals surface area contributed by atoms with Gasteiger partial charge < -0.3 is 37.6 Å². The first-order valence-electron chi connectivity index (χ1n) is 12.1. The topological polar surface area (TPSA) is 187 Å². The zero-order valence-corrected chi connectivity index (χ0v) is 20.0. The van der Waals surface area contributed by atoms with Crippen LogP contribution >= 0.6 is 0 Å². The van der Waals surface area contributed by atoms with E-state index in [1.807, 2.05) is 0 Å². The quantitative estimate of drug-likeness (QED) is 0.0692. The van der Waals surface area contributed by atoms with Crippen LogP contribution in [-0.4, -0.2) is 73.3 Å². The molecule has 11 nitrogen and oxygen atoms in total. The van der Waals surface area contributed by atoms with Gasteiger partial charge >= 0.3 is 11.9 Å². The first-order valence-corrected chi connectivity index (χ1v) is 12.1. The van der Waals surface area contributed by atoms with Crippen molar-refractivity contribution in [1.29, 1.82) is 0 Å². The molecule has 0 fully saturated rings. The Bertz CT molecular complexity index is 523. The number of aliphatic imine (C=N–C) groups is 2. The number of guanidine groups is 2. The van der Waals surface area contributed by atoms with Crippen molar-refractivity contribution >= 4 is 23.9 Å². The van der Waals surface area contributed by atoms with Gasteiger partial charge in [0.1, 0.15) is 13.1 Å². The van der Waals surface area contributed by atoms with Crippen LogP contribution in [-0.2, 0) is 9.59 Å². The molecule has 0 aromatic heterocycles. The van der Waals surface area contributed by atoms with Crippen molar-refractivity contribution in [2.45, 2.75) is 77.0 Å². The fraction of sp³-hybridized carbons (Fsp3) is 0.818. The first-order chi connectivity index (χ1) is 15.9. The summed E-state index contributed by atoms with van der Waals surface area (Å²) in [4.78, 5) is 28.2. The molecule has 0 aliphatic rings. The van der Waals surface area contributed by atoms with Crippen LogP contribution < -0.4 is 27.4 Å². The van der Waals surface area contributed by atoms with E-state index in [4.69, 9.17) is 21.7 Å². The highest BCUT2D eigenvalue weighted by Crippen LogP contribution is 2.06. The summed E-state index contributed by atoms with van der Waals surface area (Å²) in [6.07, 6.45) is 14.0. The summed E-state index contributed by atoms with van der Waals surface area (Å²) < 4.78 is 0. The molecule has 0 atom stereocenters. The van der Waals surface area contributed by atoms with Crippen LogP contribution in [0.25, 0.3) is 0 Å². The van der Waals surface area contributed by atoms with E-state index in [1.54, 1.807) is 0 Å². The van der Waals surface area contributed by atoms with Crippen molar-refractivity contribution in [3.05, 3.63) is 0 Å². The second-order valence-corrected chi connectivity index (χ2v) is 8.04. The number of nitrogens with one attached hydrogen (secondary N) is 3. The van der Waals surface area contributed by atoms with Crippen molar-refractivity contribution < 1.29 is 19.8 Å². The fourth-order valence-corrected chi connectivity index (χ4v) is 3.14. The molecule has 0 saturated carbocycles. The summed E-state index contributed by atoms with van der Waals surface area (Å²) in [6, 6.07) is 0. The lowest BCUT2D eigenvalue weighted by molar-refractivity contribution is -0.136. The van der Waals surface area contributed by atoms with E-state index < -0.39 is 11.9 Å². The maximum absolute atomic E-state index is 10.4. The van der Waals surface area contributed by atoms with E-state index in [0.29, 0.717) is 0 Å². The Balaban J connectivity index is 3.23. The summed E-state index contributed by atoms with van der Waals surface area (Å²) in [5, 5.41) is 26.4. The highest BCUT2D eigenvalue weighted by atomic mass is 16.4. The fourth-order valence-electron chi connectivity index (χ4n) is 3.14. The second-order valence-electron chi connectivity index (χ2n) is 8.04. The SMILES string of the molecule is NC(=NCC(=O)O)NCCCCCCCCNCCCCCCCCNC(N)=NCC(=O)O. The molecule has 0 bridgehead atoms. The van der Waals surface area contributed by atoms with Crippen LogP contribution in [0, 0.1) is 0 Å². The number of hydrogen-bond donors (Lipinski definition) is 7. The number of hydrogen-bond acceptors (Lipinski definition) is 5. The number of unbranched alkanes of at least 4 members (excludes halogenated alkanes) is 10. The molecule has 0 aromatic carbocycles. The zero-order chi connectivity index (χ0) is 24.6. The summed E-state index contributed by atoms with van der Waals surface area (Å²) in [6.45, 7) is 3.02. The third-order valence-electron chi connectivity index (χ3n) is 4.94. The molecule has 0 heterocycles. The van der Waals surface area contributed by atoms with Crippen molar-refractivity contribution in [2.24, 2.45) is 21.5 Å². The smallest absolute Gasteiger partial charge is 0.325 e. The molecule has 33 heavy (non-hydrogen) atoms. The number of carbonyl (C=O) groups is 2. The molecule has 0 unspecified atom stereocenters. The standard InChI is InChI=1S/C22H45N7O4/c23-21(28-17-19(30)31)26-15-11-7-3-1-5-9-13-25-14-10-6-2-4-8-12-16-27-22(24)29-18-20(32)33/h25H,1-18H2,(H,30,31)(H,32,33)(H3,23,26,28)(H3,24,27,29). The zero-order valence-electron chi connectivity index (χ0n) is 20.0. The van der Waals surface area contributed by atoms with E-state index in [9.17, 15) is 9.59 Å². The molecule has 0 aromatic rings. The van der Waals surface area contributed by atoms with Crippen molar-refractivity contribution in [2.75, 3.05) is 39.3 Å². The first kappa shape index (κ1) is 30.4. The molecule has 9 N–H and O–H groups in total. The minimum absolute atomic E-state index is 0.198. The minimum atomic E-state index is -0.985. The van der Waals surface area contributed by atoms with Gasteiger partial charge in [0.15, 0.2) is 11.9 Å². The number of rotatable bonds is 22. The van der Waals surface area contributed by atoms with Crippen LogP contribution in [0.2, 0.25) is 0 Å². The minimum Gasteiger partial charge on any atom is -0.480 e. The predicted octanol–water partition coefficient (Wildman–Crippen LogP) is 1.24. The van der Waals surface area contributed by atoms with Gasteiger partial charge in [0, 0.05) is 13.1 Å².